The summed E-state index contributed by atoms with van der Waals surface area (Å²) in [5.74, 6) is -0.109. The van der Waals surface area contributed by atoms with E-state index in [0.717, 1.165) is 6.20 Å². The molecule has 0 aliphatic rings. The Kier molecular flexibility index (Phi) is 3.60. The first kappa shape index (κ1) is 11.1. The van der Waals surface area contributed by atoms with E-state index in [1.165, 1.54) is 7.11 Å². The van der Waals surface area contributed by atoms with E-state index >= 15 is 0 Å². The van der Waals surface area contributed by atoms with E-state index in [0.29, 0.717) is 0 Å². The van der Waals surface area contributed by atoms with Crippen molar-refractivity contribution in [3.63, 3.8) is 0 Å². The first-order chi connectivity index (χ1) is 6.61. The Balaban J connectivity index is 3.33. The molecule has 1 aromatic heterocycles. The van der Waals surface area contributed by atoms with Crippen LogP contribution in [0.5, 0.6) is 5.75 Å². The Morgan fingerprint density at radius 2 is 2.29 bits per heavy atom. The average Bonchev–Trinajstić information content (AvgIpc) is 2.16. The Morgan fingerprint density at radius 1 is 1.64 bits per heavy atom. The minimum Gasteiger partial charge on any atom is -0.496 e. The zero-order valence-corrected chi connectivity index (χ0v) is 8.05. The Morgan fingerprint density at radius 3 is 2.71 bits per heavy atom. The molecule has 1 rings (SSSR count). The molecule has 0 aliphatic heterocycles. The van der Waals surface area contributed by atoms with Gasteiger partial charge in [-0.3, -0.25) is 0 Å². The van der Waals surface area contributed by atoms with Crippen molar-refractivity contribution < 1.29 is 18.6 Å². The standard InChI is InChI=1S/C8H8ClF2NO2/c1-14-6-4(8(10)11)2-12-7(9)5(6)3-13/h2,8,13H,3H2,1H3. The zero-order valence-electron chi connectivity index (χ0n) is 7.30. The summed E-state index contributed by atoms with van der Waals surface area (Å²) in [7, 11) is 1.23. The third kappa shape index (κ3) is 1.93. The summed E-state index contributed by atoms with van der Waals surface area (Å²) in [4.78, 5) is 3.53. The van der Waals surface area contributed by atoms with Gasteiger partial charge in [0.05, 0.1) is 24.8 Å². The number of rotatable bonds is 3. The fraction of sp³-hybridized carbons (Fsp3) is 0.375. The Labute approximate surface area is 84.3 Å². The molecular formula is C8H8ClF2NO2. The second kappa shape index (κ2) is 4.52. The van der Waals surface area contributed by atoms with Crippen LogP contribution in [0.4, 0.5) is 8.78 Å². The molecule has 0 fully saturated rings. The molecule has 0 amide bonds. The highest BCUT2D eigenvalue weighted by molar-refractivity contribution is 6.30. The van der Waals surface area contributed by atoms with E-state index < -0.39 is 13.0 Å². The number of aliphatic hydroxyl groups excluding tert-OH is 1. The number of aliphatic hydroxyl groups is 1. The van der Waals surface area contributed by atoms with Gasteiger partial charge < -0.3 is 9.84 Å². The van der Waals surface area contributed by atoms with Gasteiger partial charge in [0.15, 0.2) is 0 Å². The third-order valence-corrected chi connectivity index (χ3v) is 2.03. The average molecular weight is 224 g/mol. The molecule has 0 spiro atoms. The lowest BCUT2D eigenvalue weighted by Crippen LogP contribution is -2.00. The summed E-state index contributed by atoms with van der Waals surface area (Å²) in [5, 5.41) is 8.85. The van der Waals surface area contributed by atoms with Crippen molar-refractivity contribution in [1.29, 1.82) is 0 Å². The van der Waals surface area contributed by atoms with Crippen LogP contribution in [0.25, 0.3) is 0 Å². The predicted octanol–water partition coefficient (Wildman–Crippen LogP) is 2.17. The van der Waals surface area contributed by atoms with Crippen molar-refractivity contribution in [3.8, 4) is 5.75 Å². The van der Waals surface area contributed by atoms with E-state index in [1.54, 1.807) is 0 Å². The van der Waals surface area contributed by atoms with Crippen LogP contribution in [0.15, 0.2) is 6.20 Å². The molecule has 1 aromatic rings. The Hall–Kier alpha value is -0.940. The minimum absolute atomic E-state index is 0.0336. The first-order valence-electron chi connectivity index (χ1n) is 3.72. The van der Waals surface area contributed by atoms with Gasteiger partial charge in [0, 0.05) is 6.20 Å². The molecule has 0 atom stereocenters. The van der Waals surface area contributed by atoms with Gasteiger partial charge >= 0.3 is 0 Å². The second-order valence-corrected chi connectivity index (χ2v) is 2.83. The highest BCUT2D eigenvalue weighted by Gasteiger charge is 2.19. The smallest absolute Gasteiger partial charge is 0.268 e. The molecule has 0 aromatic carbocycles. The van der Waals surface area contributed by atoms with Crippen LogP contribution < -0.4 is 4.74 Å². The molecule has 0 radical (unpaired) electrons. The van der Waals surface area contributed by atoms with E-state index in [9.17, 15) is 8.78 Å². The van der Waals surface area contributed by atoms with E-state index in [-0.39, 0.29) is 22.0 Å². The lowest BCUT2D eigenvalue weighted by molar-refractivity contribution is 0.145. The summed E-state index contributed by atoms with van der Waals surface area (Å²) in [6, 6.07) is 0. The molecule has 78 valence electrons. The van der Waals surface area contributed by atoms with E-state index in [1.807, 2.05) is 0 Å². The van der Waals surface area contributed by atoms with E-state index in [2.05, 4.69) is 4.98 Å². The number of pyridine rings is 1. The molecule has 14 heavy (non-hydrogen) atoms. The van der Waals surface area contributed by atoms with Crippen molar-refractivity contribution in [2.75, 3.05) is 7.11 Å². The van der Waals surface area contributed by atoms with Crippen molar-refractivity contribution in [2.24, 2.45) is 0 Å². The number of aromatic nitrogens is 1. The zero-order chi connectivity index (χ0) is 10.7. The molecule has 0 bridgehead atoms. The number of nitrogens with zero attached hydrogens (tertiary/aromatic N) is 1. The quantitative estimate of drug-likeness (QED) is 0.799. The van der Waals surface area contributed by atoms with Crippen LogP contribution in [0.1, 0.15) is 17.6 Å². The SMILES string of the molecule is COc1c(C(F)F)cnc(Cl)c1CO. The maximum Gasteiger partial charge on any atom is 0.268 e. The number of halogens is 3. The summed E-state index contributed by atoms with van der Waals surface area (Å²) in [6.07, 6.45) is -1.77. The Bertz CT molecular complexity index is 333. The number of ether oxygens (including phenoxy) is 1. The molecule has 0 aliphatic carbocycles. The molecular weight excluding hydrogens is 216 g/mol. The molecule has 1 heterocycles. The fourth-order valence-corrected chi connectivity index (χ4v) is 1.26. The van der Waals surface area contributed by atoms with Gasteiger partial charge in [0.1, 0.15) is 10.9 Å². The normalized spacial score (nSPS) is 10.7. The topological polar surface area (TPSA) is 42.4 Å². The monoisotopic (exact) mass is 223 g/mol. The largest absolute Gasteiger partial charge is 0.496 e. The van der Waals surface area contributed by atoms with E-state index in [4.69, 9.17) is 21.4 Å². The van der Waals surface area contributed by atoms with Crippen LogP contribution in [0.2, 0.25) is 5.15 Å². The van der Waals surface area contributed by atoms with Crippen molar-refractivity contribution in [1.82, 2.24) is 4.98 Å². The first-order valence-corrected chi connectivity index (χ1v) is 4.09. The van der Waals surface area contributed by atoms with Crippen LogP contribution in [0.3, 0.4) is 0 Å². The van der Waals surface area contributed by atoms with Crippen molar-refractivity contribution >= 4 is 11.6 Å². The maximum absolute atomic E-state index is 12.4. The van der Waals surface area contributed by atoms with Crippen LogP contribution in [0, 0.1) is 0 Å². The highest BCUT2D eigenvalue weighted by Crippen LogP contribution is 2.34. The molecule has 0 saturated heterocycles. The van der Waals surface area contributed by atoms with Gasteiger partial charge in [0.2, 0.25) is 0 Å². The molecule has 3 nitrogen and oxygen atoms in total. The summed E-state index contributed by atoms with van der Waals surface area (Å²) in [5.41, 5.74) is -0.298. The van der Waals surface area contributed by atoms with Crippen LogP contribution in [-0.2, 0) is 6.61 Å². The molecule has 6 heteroatoms. The minimum atomic E-state index is -2.71. The lowest BCUT2D eigenvalue weighted by atomic mass is 10.2. The van der Waals surface area contributed by atoms with Gasteiger partial charge in [0.25, 0.3) is 6.43 Å². The third-order valence-electron chi connectivity index (χ3n) is 1.70. The summed E-state index contributed by atoms with van der Waals surface area (Å²) in [6.45, 7) is -0.491. The van der Waals surface area contributed by atoms with Gasteiger partial charge in [-0.2, -0.15) is 0 Å². The number of hydrogen-bond acceptors (Lipinski definition) is 3. The summed E-state index contributed by atoms with van der Waals surface area (Å²) >= 11 is 5.59. The van der Waals surface area contributed by atoms with Crippen molar-refractivity contribution in [3.05, 3.63) is 22.5 Å². The lowest BCUT2D eigenvalue weighted by Gasteiger charge is -2.11. The number of methoxy groups -OCH3 is 1. The fourth-order valence-electron chi connectivity index (χ4n) is 1.06. The second-order valence-electron chi connectivity index (χ2n) is 2.47. The van der Waals surface area contributed by atoms with Crippen molar-refractivity contribution in [2.45, 2.75) is 13.0 Å². The maximum atomic E-state index is 12.4. The van der Waals surface area contributed by atoms with Gasteiger partial charge in [-0.05, 0) is 0 Å². The number of alkyl halides is 2. The molecule has 1 N–H and O–H groups in total. The highest BCUT2D eigenvalue weighted by atomic mass is 35.5. The van der Waals surface area contributed by atoms with Gasteiger partial charge in [-0.25, -0.2) is 13.8 Å². The van der Waals surface area contributed by atoms with Gasteiger partial charge in [-0.15, -0.1) is 0 Å². The van der Waals surface area contributed by atoms with Crippen LogP contribution in [-0.4, -0.2) is 17.2 Å². The molecule has 0 unspecified atom stereocenters. The summed E-state index contributed by atoms with van der Waals surface area (Å²) < 4.78 is 29.6. The molecule has 0 saturated carbocycles. The number of hydrogen-bond donors (Lipinski definition) is 1. The van der Waals surface area contributed by atoms with Crippen LogP contribution >= 0.6 is 11.6 Å². The van der Waals surface area contributed by atoms with Gasteiger partial charge in [-0.1, -0.05) is 11.6 Å². The predicted molar refractivity (Wildman–Crippen MR) is 46.7 cm³/mol.